The maximum atomic E-state index is 12.0. The number of hydrogen-bond acceptors (Lipinski definition) is 4. The van der Waals surface area contributed by atoms with Gasteiger partial charge in [0, 0.05) is 5.69 Å². The number of nitrogens with one attached hydrogen (secondary N) is 2. The fraction of sp³-hybridized carbons (Fsp3) is 0.692. The predicted molar refractivity (Wildman–Crippen MR) is 78.5 cm³/mol. The molecule has 0 aliphatic rings. The molecule has 108 valence electrons. The van der Waals surface area contributed by atoms with Crippen LogP contribution in [0.5, 0.6) is 0 Å². The lowest BCUT2D eigenvalue weighted by atomic mass is 10.1. The van der Waals surface area contributed by atoms with Gasteiger partial charge in [-0.1, -0.05) is 13.8 Å². The molecule has 6 heteroatoms. The minimum absolute atomic E-state index is 0.0461. The number of rotatable bonds is 8. The van der Waals surface area contributed by atoms with Crippen LogP contribution < -0.4 is 5.32 Å². The zero-order valence-corrected chi connectivity index (χ0v) is 12.6. The Kier molecular flexibility index (Phi) is 6.94. The summed E-state index contributed by atoms with van der Waals surface area (Å²) in [6.07, 6.45) is 3.63. The third kappa shape index (κ3) is 5.65. The van der Waals surface area contributed by atoms with Gasteiger partial charge in [0.05, 0.1) is 12.6 Å². The van der Waals surface area contributed by atoms with Gasteiger partial charge >= 0.3 is 0 Å². The maximum Gasteiger partial charge on any atom is 0.272 e. The second-order valence-electron chi connectivity index (χ2n) is 5.01. The standard InChI is InChI=1S/C13H23N3O2S/c1-9(2)6-11-7-12(16-15-11)13(18)14-10(8-17)4-5-19-3/h7,9-10,17H,4-6,8H2,1-3H3,(H,14,18)(H,15,16)/t10-/m0/s1. The van der Waals surface area contributed by atoms with Gasteiger partial charge in [-0.25, -0.2) is 0 Å². The molecule has 1 atom stereocenters. The number of nitrogens with zero attached hydrogens (tertiary/aromatic N) is 1. The van der Waals surface area contributed by atoms with Crippen molar-refractivity contribution in [1.29, 1.82) is 0 Å². The fourth-order valence-corrected chi connectivity index (χ4v) is 2.27. The van der Waals surface area contributed by atoms with Gasteiger partial charge in [0.1, 0.15) is 5.69 Å². The number of H-pyrrole nitrogens is 1. The predicted octanol–water partition coefficient (Wildman–Crippen LogP) is 1.45. The minimum Gasteiger partial charge on any atom is -0.394 e. The van der Waals surface area contributed by atoms with E-state index in [9.17, 15) is 9.90 Å². The lowest BCUT2D eigenvalue weighted by Gasteiger charge is -2.14. The first-order valence-corrected chi connectivity index (χ1v) is 7.91. The highest BCUT2D eigenvalue weighted by Gasteiger charge is 2.15. The molecule has 1 aromatic rings. The second-order valence-corrected chi connectivity index (χ2v) is 6.00. The molecule has 0 aliphatic carbocycles. The molecule has 3 N–H and O–H groups in total. The molecule has 19 heavy (non-hydrogen) atoms. The number of carbonyl (C=O) groups excluding carboxylic acids is 1. The summed E-state index contributed by atoms with van der Waals surface area (Å²) in [6.45, 7) is 4.19. The fourth-order valence-electron chi connectivity index (χ4n) is 1.75. The Morgan fingerprint density at radius 1 is 1.58 bits per heavy atom. The van der Waals surface area contributed by atoms with Gasteiger partial charge in [-0.3, -0.25) is 9.89 Å². The molecule has 0 aliphatic heterocycles. The van der Waals surface area contributed by atoms with E-state index in [2.05, 4.69) is 29.4 Å². The van der Waals surface area contributed by atoms with Crippen molar-refractivity contribution < 1.29 is 9.90 Å². The monoisotopic (exact) mass is 285 g/mol. The SMILES string of the molecule is CSCC[C@@H](CO)NC(=O)c1cc(CC(C)C)[nH]n1. The zero-order chi connectivity index (χ0) is 14.3. The van der Waals surface area contributed by atoms with Crippen molar-refractivity contribution in [2.45, 2.75) is 32.7 Å². The van der Waals surface area contributed by atoms with E-state index >= 15 is 0 Å². The molecule has 0 fully saturated rings. The van der Waals surface area contributed by atoms with E-state index in [0.717, 1.165) is 24.3 Å². The van der Waals surface area contributed by atoms with Crippen LogP contribution in [0.2, 0.25) is 0 Å². The molecule has 1 heterocycles. The Morgan fingerprint density at radius 3 is 2.89 bits per heavy atom. The van der Waals surface area contributed by atoms with Gasteiger partial charge in [-0.2, -0.15) is 16.9 Å². The summed E-state index contributed by atoms with van der Waals surface area (Å²) in [5, 5.41) is 18.9. The number of thioether (sulfide) groups is 1. The number of amides is 1. The Labute approximate surface area is 118 Å². The van der Waals surface area contributed by atoms with Crippen LogP contribution in [-0.2, 0) is 6.42 Å². The summed E-state index contributed by atoms with van der Waals surface area (Å²) in [5.41, 5.74) is 1.35. The van der Waals surface area contributed by atoms with Crippen molar-refractivity contribution in [2.75, 3.05) is 18.6 Å². The maximum absolute atomic E-state index is 12.0. The Hall–Kier alpha value is -1.01. The number of aliphatic hydroxyl groups excluding tert-OH is 1. The summed E-state index contributed by atoms with van der Waals surface area (Å²) in [6, 6.07) is 1.57. The average Bonchev–Trinajstić information content (AvgIpc) is 2.81. The number of hydrogen-bond donors (Lipinski definition) is 3. The van der Waals surface area contributed by atoms with Crippen LogP contribution in [-0.4, -0.2) is 45.9 Å². The average molecular weight is 285 g/mol. The molecular formula is C13H23N3O2S. The summed E-state index contributed by atoms with van der Waals surface area (Å²) in [7, 11) is 0. The Balaban J connectivity index is 2.54. The van der Waals surface area contributed by atoms with Gasteiger partial charge in [-0.15, -0.1) is 0 Å². The first-order valence-electron chi connectivity index (χ1n) is 6.51. The molecule has 0 bridgehead atoms. The second kappa shape index (κ2) is 8.22. The van der Waals surface area contributed by atoms with Gasteiger partial charge in [0.25, 0.3) is 5.91 Å². The summed E-state index contributed by atoms with van der Waals surface area (Å²) in [5.74, 6) is 1.19. The summed E-state index contributed by atoms with van der Waals surface area (Å²) >= 11 is 1.69. The number of aromatic amines is 1. The third-order valence-corrected chi connectivity index (χ3v) is 3.36. The normalized spacial score (nSPS) is 12.7. The first kappa shape index (κ1) is 16.0. The lowest BCUT2D eigenvalue weighted by molar-refractivity contribution is 0.0910. The molecule has 0 saturated heterocycles. The van der Waals surface area contributed by atoms with E-state index in [0.29, 0.717) is 11.6 Å². The third-order valence-electron chi connectivity index (χ3n) is 2.72. The highest BCUT2D eigenvalue weighted by Crippen LogP contribution is 2.07. The smallest absolute Gasteiger partial charge is 0.272 e. The topological polar surface area (TPSA) is 78.0 Å². The quantitative estimate of drug-likeness (QED) is 0.675. The molecule has 5 nitrogen and oxygen atoms in total. The molecule has 1 amide bonds. The molecule has 1 aromatic heterocycles. The molecular weight excluding hydrogens is 262 g/mol. The summed E-state index contributed by atoms with van der Waals surface area (Å²) < 4.78 is 0. The van der Waals surface area contributed by atoms with Crippen LogP contribution in [0.3, 0.4) is 0 Å². The highest BCUT2D eigenvalue weighted by atomic mass is 32.2. The van der Waals surface area contributed by atoms with E-state index in [1.54, 1.807) is 17.8 Å². The van der Waals surface area contributed by atoms with Gasteiger partial charge in [-0.05, 0) is 36.8 Å². The van der Waals surface area contributed by atoms with Crippen LogP contribution in [0, 0.1) is 5.92 Å². The molecule has 1 rings (SSSR count). The van der Waals surface area contributed by atoms with Gasteiger partial charge in [0.2, 0.25) is 0 Å². The zero-order valence-electron chi connectivity index (χ0n) is 11.8. The van der Waals surface area contributed by atoms with Crippen LogP contribution in [0.4, 0.5) is 0 Å². The van der Waals surface area contributed by atoms with Crippen molar-refractivity contribution in [3.63, 3.8) is 0 Å². The van der Waals surface area contributed by atoms with E-state index in [4.69, 9.17) is 0 Å². The molecule has 0 unspecified atom stereocenters. The Morgan fingerprint density at radius 2 is 2.32 bits per heavy atom. The first-order chi connectivity index (χ1) is 9.06. The van der Waals surface area contributed by atoms with E-state index in [1.807, 2.05) is 6.26 Å². The highest BCUT2D eigenvalue weighted by molar-refractivity contribution is 7.98. The van der Waals surface area contributed by atoms with Crippen LogP contribution in [0.25, 0.3) is 0 Å². The molecule has 0 radical (unpaired) electrons. The largest absolute Gasteiger partial charge is 0.394 e. The van der Waals surface area contributed by atoms with Gasteiger partial charge in [0.15, 0.2) is 0 Å². The van der Waals surface area contributed by atoms with Crippen molar-refractivity contribution >= 4 is 17.7 Å². The molecule has 0 aromatic carbocycles. The van der Waals surface area contributed by atoms with Crippen molar-refractivity contribution in [1.82, 2.24) is 15.5 Å². The van der Waals surface area contributed by atoms with Crippen LogP contribution in [0.1, 0.15) is 36.5 Å². The van der Waals surface area contributed by atoms with Crippen molar-refractivity contribution in [3.05, 3.63) is 17.5 Å². The number of carbonyl (C=O) groups is 1. The van der Waals surface area contributed by atoms with Crippen molar-refractivity contribution in [3.8, 4) is 0 Å². The molecule has 0 saturated carbocycles. The summed E-state index contributed by atoms with van der Waals surface area (Å²) in [4.78, 5) is 12.0. The van der Waals surface area contributed by atoms with E-state index in [-0.39, 0.29) is 18.6 Å². The minimum atomic E-state index is -0.230. The van der Waals surface area contributed by atoms with Crippen molar-refractivity contribution in [2.24, 2.45) is 5.92 Å². The Bertz CT molecular complexity index is 393. The van der Waals surface area contributed by atoms with Crippen LogP contribution in [0.15, 0.2) is 6.07 Å². The van der Waals surface area contributed by atoms with E-state index in [1.165, 1.54) is 0 Å². The lowest BCUT2D eigenvalue weighted by Crippen LogP contribution is -2.38. The molecule has 0 spiro atoms. The number of aliphatic hydroxyl groups is 1. The van der Waals surface area contributed by atoms with Crippen LogP contribution >= 0.6 is 11.8 Å². The van der Waals surface area contributed by atoms with Gasteiger partial charge < -0.3 is 10.4 Å². The van der Waals surface area contributed by atoms with E-state index < -0.39 is 0 Å². The number of aromatic nitrogens is 2.